The van der Waals surface area contributed by atoms with Crippen molar-refractivity contribution in [2.24, 2.45) is 12.5 Å². The zero-order valence-electron chi connectivity index (χ0n) is 31.3. The van der Waals surface area contributed by atoms with E-state index < -0.39 is 0 Å². The van der Waals surface area contributed by atoms with E-state index in [4.69, 9.17) is 10.2 Å². The van der Waals surface area contributed by atoms with Gasteiger partial charge in [0.2, 0.25) is 0 Å². The number of hydrogen-bond acceptors (Lipinski definition) is 6. The van der Waals surface area contributed by atoms with Gasteiger partial charge in [-0.15, -0.1) is 22.7 Å². The normalized spacial score (nSPS) is 12.4. The summed E-state index contributed by atoms with van der Waals surface area (Å²) in [6.07, 6.45) is 9.60. The molecule has 0 spiro atoms. The molecule has 0 saturated carbocycles. The van der Waals surface area contributed by atoms with Gasteiger partial charge in [0.1, 0.15) is 17.3 Å². The molecule has 0 bridgehead atoms. The summed E-state index contributed by atoms with van der Waals surface area (Å²) in [5.41, 5.74) is 10.3. The van der Waals surface area contributed by atoms with E-state index in [0.29, 0.717) is 5.56 Å². The summed E-state index contributed by atoms with van der Waals surface area (Å²) in [7, 11) is 1.89. The molecule has 3 aromatic heterocycles. The van der Waals surface area contributed by atoms with Gasteiger partial charge < -0.3 is 4.90 Å². The van der Waals surface area contributed by atoms with Gasteiger partial charge in [-0.05, 0) is 101 Å². The molecule has 0 aliphatic rings. The minimum absolute atomic E-state index is 0.107. The fourth-order valence-corrected chi connectivity index (χ4v) is 8.13. The zero-order valence-corrected chi connectivity index (χ0v) is 32.9. The Labute approximate surface area is 320 Å². The lowest BCUT2D eigenvalue weighted by molar-refractivity contribution is 0.112. The Balaban J connectivity index is 1.13. The van der Waals surface area contributed by atoms with Crippen LogP contribution in [0.3, 0.4) is 0 Å². The van der Waals surface area contributed by atoms with E-state index in [2.05, 4.69) is 156 Å². The van der Waals surface area contributed by atoms with Gasteiger partial charge in [0.25, 0.3) is 0 Å². The van der Waals surface area contributed by atoms with Crippen LogP contribution in [0.25, 0.3) is 50.1 Å². The van der Waals surface area contributed by atoms with Crippen molar-refractivity contribution in [2.45, 2.75) is 47.0 Å². The van der Waals surface area contributed by atoms with Crippen LogP contribution >= 0.6 is 22.7 Å². The number of hydrogen-bond donors (Lipinski definition) is 0. The van der Waals surface area contributed by atoms with Crippen LogP contribution in [0.15, 0.2) is 115 Å². The second-order valence-electron chi connectivity index (χ2n) is 15.4. The molecule has 0 atom stereocenters. The van der Waals surface area contributed by atoms with Gasteiger partial charge >= 0.3 is 0 Å². The number of carbonyl (C=O) groups is 1. The maximum Gasteiger partial charge on any atom is 0.150 e. The van der Waals surface area contributed by atoms with Crippen LogP contribution in [0.1, 0.15) is 72.8 Å². The van der Waals surface area contributed by atoms with E-state index in [-0.39, 0.29) is 10.8 Å². The average Bonchev–Trinajstić information content (AvgIpc) is 3.91. The number of anilines is 3. The maximum absolute atomic E-state index is 11.4. The van der Waals surface area contributed by atoms with Crippen molar-refractivity contribution in [3.05, 3.63) is 142 Å². The van der Waals surface area contributed by atoms with Crippen molar-refractivity contribution in [3.8, 4) is 20.9 Å². The number of nitrogens with zero attached hydrogens (tertiary/aromatic N) is 4. The summed E-state index contributed by atoms with van der Waals surface area (Å²) in [4.78, 5) is 20.2. The molecule has 4 aromatic carbocycles. The van der Waals surface area contributed by atoms with E-state index in [1.807, 2.05) is 42.6 Å². The molecule has 7 aromatic rings. The van der Waals surface area contributed by atoms with Crippen LogP contribution < -0.4 is 4.90 Å². The highest BCUT2D eigenvalue weighted by molar-refractivity contribution is 7.16. The second kappa shape index (κ2) is 14.6. The molecule has 0 aliphatic carbocycles. The molecule has 3 heterocycles. The number of aldehydes is 1. The number of carbonyl (C=O) groups excluding carboxylic acids is 1. The molecular formula is C46H44N4OS2. The summed E-state index contributed by atoms with van der Waals surface area (Å²) < 4.78 is 0. The van der Waals surface area contributed by atoms with Crippen molar-refractivity contribution in [1.29, 1.82) is 0 Å². The molecule has 7 heteroatoms. The molecule has 0 amide bonds. The van der Waals surface area contributed by atoms with Gasteiger partial charge in [0, 0.05) is 60.3 Å². The summed E-state index contributed by atoms with van der Waals surface area (Å²) in [6.45, 7) is 13.4. The summed E-state index contributed by atoms with van der Waals surface area (Å²) in [6, 6.07) is 38.0. The highest BCUT2D eigenvalue weighted by atomic mass is 32.1. The van der Waals surface area contributed by atoms with E-state index >= 15 is 0 Å². The summed E-state index contributed by atoms with van der Waals surface area (Å²) in [5, 5.41) is 9.60. The third-order valence-electron chi connectivity index (χ3n) is 8.95. The first kappa shape index (κ1) is 36.0. The predicted molar refractivity (Wildman–Crippen MR) is 228 cm³/mol. The summed E-state index contributed by atoms with van der Waals surface area (Å²) >= 11 is 3.58. The standard InChI is InChI=1S/C46H44N4OS2/c1-45(2,3)29-28-32-10-17-35(18-11-32)50(36-19-12-33(30-51)13-20-36)34-15-8-31(9-16-34)14-21-37-22-25-40(52-37)38-23-24-39(44-43(38)47-49(7)48-44)41-26-27-42(53-41)46(4,5)6/h8-30H,1-7H3/b21-14+,29-28+. The maximum atomic E-state index is 11.4. The number of aromatic nitrogens is 3. The first-order valence-electron chi connectivity index (χ1n) is 17.8. The van der Waals surface area contributed by atoms with Crippen molar-refractivity contribution in [1.82, 2.24) is 15.0 Å². The minimum atomic E-state index is 0.107. The van der Waals surface area contributed by atoms with E-state index in [0.717, 1.165) is 66.4 Å². The molecule has 53 heavy (non-hydrogen) atoms. The number of thiophene rings is 2. The Bertz CT molecular complexity index is 2430. The number of rotatable bonds is 9. The fourth-order valence-electron chi connectivity index (χ4n) is 6.11. The smallest absolute Gasteiger partial charge is 0.150 e. The quantitative estimate of drug-likeness (QED) is 0.139. The number of allylic oxidation sites excluding steroid dienone is 1. The lowest BCUT2D eigenvalue weighted by Crippen LogP contribution is -2.10. The third kappa shape index (κ3) is 8.17. The van der Waals surface area contributed by atoms with Gasteiger partial charge in [-0.2, -0.15) is 15.0 Å². The van der Waals surface area contributed by atoms with Crippen LogP contribution in [-0.4, -0.2) is 21.3 Å². The average molecular weight is 733 g/mol. The first-order chi connectivity index (χ1) is 25.3. The van der Waals surface area contributed by atoms with Crippen molar-refractivity contribution in [2.75, 3.05) is 4.90 Å². The van der Waals surface area contributed by atoms with Crippen LogP contribution in [0.4, 0.5) is 17.1 Å². The molecule has 0 saturated heterocycles. The molecule has 7 rings (SSSR count). The van der Waals surface area contributed by atoms with Crippen LogP contribution in [0.5, 0.6) is 0 Å². The molecular weight excluding hydrogens is 689 g/mol. The monoisotopic (exact) mass is 732 g/mol. The van der Waals surface area contributed by atoms with Gasteiger partial charge in [-0.1, -0.05) is 96.2 Å². The predicted octanol–water partition coefficient (Wildman–Crippen LogP) is 13.2. The Kier molecular flexibility index (Phi) is 9.90. The van der Waals surface area contributed by atoms with Crippen LogP contribution in [-0.2, 0) is 12.5 Å². The van der Waals surface area contributed by atoms with Gasteiger partial charge in [-0.3, -0.25) is 4.79 Å². The topological polar surface area (TPSA) is 51.0 Å². The molecule has 266 valence electrons. The minimum Gasteiger partial charge on any atom is -0.311 e. The van der Waals surface area contributed by atoms with Gasteiger partial charge in [0.15, 0.2) is 0 Å². The van der Waals surface area contributed by atoms with Crippen molar-refractivity contribution >= 4 is 75.3 Å². The van der Waals surface area contributed by atoms with E-state index in [1.54, 1.807) is 16.1 Å². The van der Waals surface area contributed by atoms with E-state index in [1.165, 1.54) is 9.75 Å². The van der Waals surface area contributed by atoms with Crippen molar-refractivity contribution in [3.63, 3.8) is 0 Å². The van der Waals surface area contributed by atoms with Gasteiger partial charge in [-0.25, -0.2) is 0 Å². The number of aryl methyl sites for hydroxylation is 1. The van der Waals surface area contributed by atoms with Crippen LogP contribution in [0.2, 0.25) is 0 Å². The first-order valence-corrected chi connectivity index (χ1v) is 19.5. The number of benzene rings is 4. The van der Waals surface area contributed by atoms with Gasteiger partial charge in [0.05, 0.1) is 0 Å². The molecule has 0 N–H and O–H groups in total. The Morgan fingerprint density at radius 3 is 1.55 bits per heavy atom. The fraction of sp³-hybridized carbons (Fsp3) is 0.196. The molecule has 0 radical (unpaired) electrons. The Hall–Kier alpha value is -5.37. The summed E-state index contributed by atoms with van der Waals surface area (Å²) in [5.74, 6) is 0. The molecule has 0 unspecified atom stereocenters. The van der Waals surface area contributed by atoms with Crippen LogP contribution in [0, 0.1) is 5.41 Å². The highest BCUT2D eigenvalue weighted by Gasteiger charge is 2.20. The molecule has 5 nitrogen and oxygen atoms in total. The number of fused-ring (bicyclic) bond motifs is 1. The largest absolute Gasteiger partial charge is 0.311 e. The Morgan fingerprint density at radius 2 is 1.06 bits per heavy atom. The Morgan fingerprint density at radius 1 is 0.566 bits per heavy atom. The lowest BCUT2D eigenvalue weighted by atomic mass is 9.95. The lowest BCUT2D eigenvalue weighted by Gasteiger charge is -2.26. The van der Waals surface area contributed by atoms with Crippen molar-refractivity contribution < 1.29 is 4.79 Å². The van der Waals surface area contributed by atoms with E-state index in [9.17, 15) is 4.79 Å². The molecule has 0 aliphatic heterocycles. The third-order valence-corrected chi connectivity index (χ3v) is 11.6. The SMILES string of the molecule is Cn1nc2c(-c3ccc(/C=C/c4ccc(N(c5ccc(C=O)cc5)c5ccc(/C=C/C(C)(C)C)cc5)cc4)s3)ccc(-c3ccc(C(C)(C)C)s3)c2n1. The highest BCUT2D eigenvalue weighted by Crippen LogP contribution is 2.41. The second-order valence-corrected chi connectivity index (χ2v) is 17.6. The molecule has 0 fully saturated rings. The zero-order chi connectivity index (χ0) is 37.3.